The molecule has 2 saturated heterocycles. The third kappa shape index (κ3) is 4.13. The molecule has 1 saturated carbocycles. The fourth-order valence-electron chi connectivity index (χ4n) is 6.35. The zero-order chi connectivity index (χ0) is 24.9. The minimum absolute atomic E-state index is 0.0650. The van der Waals surface area contributed by atoms with Crippen LogP contribution < -0.4 is 15.0 Å². The highest BCUT2D eigenvalue weighted by Crippen LogP contribution is 2.37. The molecule has 0 spiro atoms. The van der Waals surface area contributed by atoms with Gasteiger partial charge in [-0.1, -0.05) is 37.1 Å². The number of rotatable bonds is 5. The standard InChI is InChI=1S/C29H30FN5O2/c30-25-26(23-12-21(36)11-18-7-3-4-8-22(18)23)31-13-24-27(25)33-29(37-16-17-5-1-2-6-17)34-28(24)35-14-19-9-10-20(15-35)32-19/h3-4,7-8,11-13,17,19-20,32,36H,1-2,5-6,9-10,14-16H2. The Kier molecular flexibility index (Phi) is 5.57. The average molecular weight is 500 g/mol. The van der Waals surface area contributed by atoms with Crippen LogP contribution in [0.3, 0.4) is 0 Å². The van der Waals surface area contributed by atoms with E-state index in [0.29, 0.717) is 41.4 Å². The Hall–Kier alpha value is -3.52. The molecule has 2 aliphatic heterocycles. The third-order valence-electron chi connectivity index (χ3n) is 8.18. The fourth-order valence-corrected chi connectivity index (χ4v) is 6.35. The fraction of sp³-hybridized carbons (Fsp3) is 0.414. The number of ether oxygens (including phenoxy) is 1. The number of phenols is 1. The monoisotopic (exact) mass is 499 g/mol. The number of nitrogens with one attached hydrogen (secondary N) is 1. The Morgan fingerprint density at radius 2 is 1.78 bits per heavy atom. The molecule has 37 heavy (non-hydrogen) atoms. The first kappa shape index (κ1) is 22.7. The Bertz CT molecular complexity index is 1480. The topological polar surface area (TPSA) is 83.4 Å². The van der Waals surface area contributed by atoms with E-state index in [1.54, 1.807) is 18.3 Å². The molecule has 0 radical (unpaired) electrons. The van der Waals surface area contributed by atoms with Gasteiger partial charge in [-0.2, -0.15) is 9.97 Å². The second-order valence-corrected chi connectivity index (χ2v) is 10.7. The normalized spacial score (nSPS) is 21.8. The molecular weight excluding hydrogens is 469 g/mol. The number of halogens is 1. The summed E-state index contributed by atoms with van der Waals surface area (Å²) in [7, 11) is 0. The van der Waals surface area contributed by atoms with Gasteiger partial charge in [0.2, 0.25) is 0 Å². The van der Waals surface area contributed by atoms with Crippen molar-refractivity contribution in [3.63, 3.8) is 0 Å². The molecule has 2 N–H and O–H groups in total. The van der Waals surface area contributed by atoms with Crippen molar-refractivity contribution in [2.75, 3.05) is 24.6 Å². The van der Waals surface area contributed by atoms with Crippen LogP contribution in [0.2, 0.25) is 0 Å². The molecule has 8 heteroatoms. The lowest BCUT2D eigenvalue weighted by Gasteiger charge is -2.34. The lowest BCUT2D eigenvalue weighted by molar-refractivity contribution is 0.235. The van der Waals surface area contributed by atoms with E-state index in [-0.39, 0.29) is 23.0 Å². The van der Waals surface area contributed by atoms with Gasteiger partial charge in [-0.05, 0) is 54.5 Å². The molecule has 2 aromatic carbocycles. The van der Waals surface area contributed by atoms with E-state index in [9.17, 15) is 5.11 Å². The van der Waals surface area contributed by atoms with Crippen molar-refractivity contribution in [2.45, 2.75) is 50.6 Å². The minimum atomic E-state index is -0.527. The molecule has 0 amide bonds. The second kappa shape index (κ2) is 9.10. The maximum absolute atomic E-state index is 16.3. The highest BCUT2D eigenvalue weighted by atomic mass is 19.1. The van der Waals surface area contributed by atoms with Gasteiger partial charge in [-0.25, -0.2) is 4.39 Å². The van der Waals surface area contributed by atoms with Crippen molar-refractivity contribution in [2.24, 2.45) is 5.92 Å². The van der Waals surface area contributed by atoms with Crippen molar-refractivity contribution < 1.29 is 14.2 Å². The van der Waals surface area contributed by atoms with E-state index in [2.05, 4.69) is 20.2 Å². The number of phenolic OH excluding ortho intramolecular Hbond substituents is 1. The minimum Gasteiger partial charge on any atom is -0.508 e. The van der Waals surface area contributed by atoms with Gasteiger partial charge in [-0.15, -0.1) is 0 Å². The van der Waals surface area contributed by atoms with E-state index in [1.807, 2.05) is 24.3 Å². The zero-order valence-corrected chi connectivity index (χ0v) is 20.7. The zero-order valence-electron chi connectivity index (χ0n) is 20.7. The highest BCUT2D eigenvalue weighted by molar-refractivity contribution is 5.99. The van der Waals surface area contributed by atoms with E-state index < -0.39 is 5.82 Å². The Morgan fingerprint density at radius 1 is 1.00 bits per heavy atom. The summed E-state index contributed by atoms with van der Waals surface area (Å²) in [4.78, 5) is 16.2. The van der Waals surface area contributed by atoms with E-state index in [4.69, 9.17) is 9.72 Å². The van der Waals surface area contributed by atoms with Crippen LogP contribution in [0.5, 0.6) is 11.8 Å². The first-order chi connectivity index (χ1) is 18.1. The van der Waals surface area contributed by atoms with Crippen LogP contribution in [0.4, 0.5) is 10.2 Å². The Morgan fingerprint density at radius 3 is 2.59 bits per heavy atom. The van der Waals surface area contributed by atoms with Crippen molar-refractivity contribution in [1.29, 1.82) is 0 Å². The molecular formula is C29H30FN5O2. The molecule has 1 aliphatic carbocycles. The number of hydrogen-bond acceptors (Lipinski definition) is 7. The number of benzene rings is 2. The molecule has 3 fully saturated rings. The number of aromatic nitrogens is 3. The summed E-state index contributed by atoms with van der Waals surface area (Å²) in [6, 6.07) is 11.9. The van der Waals surface area contributed by atoms with Crippen LogP contribution in [-0.4, -0.2) is 51.8 Å². The number of hydrogen-bond donors (Lipinski definition) is 2. The number of fused-ring (bicyclic) bond motifs is 4. The molecule has 7 nitrogen and oxygen atoms in total. The van der Waals surface area contributed by atoms with Crippen molar-refractivity contribution >= 4 is 27.5 Å². The van der Waals surface area contributed by atoms with Gasteiger partial charge in [0.1, 0.15) is 22.8 Å². The van der Waals surface area contributed by atoms with Crippen LogP contribution in [-0.2, 0) is 0 Å². The molecule has 3 aliphatic rings. The summed E-state index contributed by atoms with van der Waals surface area (Å²) in [5.41, 5.74) is 0.893. The van der Waals surface area contributed by atoms with Crippen LogP contribution >= 0.6 is 0 Å². The summed E-state index contributed by atoms with van der Waals surface area (Å²) in [5, 5.41) is 16.2. The Balaban J connectivity index is 1.36. The third-order valence-corrected chi connectivity index (χ3v) is 8.18. The van der Waals surface area contributed by atoms with Crippen molar-refractivity contribution in [3.8, 4) is 23.0 Å². The predicted molar refractivity (Wildman–Crippen MR) is 142 cm³/mol. The molecule has 4 heterocycles. The lowest BCUT2D eigenvalue weighted by atomic mass is 10.00. The van der Waals surface area contributed by atoms with Gasteiger partial charge in [0.05, 0.1) is 12.0 Å². The van der Waals surface area contributed by atoms with Crippen LogP contribution in [0.15, 0.2) is 42.6 Å². The van der Waals surface area contributed by atoms with Crippen LogP contribution in [0.25, 0.3) is 32.9 Å². The molecule has 4 aromatic rings. The summed E-state index contributed by atoms with van der Waals surface area (Å²) in [6.45, 7) is 2.17. The SMILES string of the molecule is Oc1cc(-c2ncc3c(N4CC5CCC(C4)N5)nc(OCC4CCCC4)nc3c2F)c2ccccc2c1. The van der Waals surface area contributed by atoms with E-state index >= 15 is 4.39 Å². The van der Waals surface area contributed by atoms with Gasteiger partial charge < -0.3 is 20.1 Å². The molecule has 2 bridgehead atoms. The van der Waals surface area contributed by atoms with E-state index in [1.165, 1.54) is 12.8 Å². The number of aromatic hydroxyl groups is 1. The van der Waals surface area contributed by atoms with Crippen LogP contribution in [0.1, 0.15) is 38.5 Å². The largest absolute Gasteiger partial charge is 0.508 e. The lowest BCUT2D eigenvalue weighted by Crippen LogP contribution is -2.51. The van der Waals surface area contributed by atoms with Crippen molar-refractivity contribution in [1.82, 2.24) is 20.3 Å². The summed E-state index contributed by atoms with van der Waals surface area (Å²) in [6.07, 6.45) is 8.69. The summed E-state index contributed by atoms with van der Waals surface area (Å²) in [5.74, 6) is 0.716. The maximum atomic E-state index is 16.3. The predicted octanol–water partition coefficient (Wildman–Crippen LogP) is 5.20. The van der Waals surface area contributed by atoms with Gasteiger partial charge >= 0.3 is 6.01 Å². The molecule has 2 unspecified atom stereocenters. The number of pyridine rings is 1. The van der Waals surface area contributed by atoms with Gasteiger partial charge in [-0.3, -0.25) is 4.98 Å². The number of piperazine rings is 1. The second-order valence-electron chi connectivity index (χ2n) is 10.7. The highest BCUT2D eigenvalue weighted by Gasteiger charge is 2.34. The summed E-state index contributed by atoms with van der Waals surface area (Å²) < 4.78 is 22.4. The van der Waals surface area contributed by atoms with Gasteiger partial charge in [0.25, 0.3) is 0 Å². The van der Waals surface area contributed by atoms with Gasteiger partial charge in [0, 0.05) is 36.9 Å². The van der Waals surface area contributed by atoms with E-state index in [0.717, 1.165) is 49.5 Å². The van der Waals surface area contributed by atoms with Gasteiger partial charge in [0.15, 0.2) is 5.82 Å². The summed E-state index contributed by atoms with van der Waals surface area (Å²) >= 11 is 0. The number of nitrogens with zero attached hydrogens (tertiary/aromatic N) is 4. The maximum Gasteiger partial charge on any atom is 0.319 e. The van der Waals surface area contributed by atoms with Crippen molar-refractivity contribution in [3.05, 3.63) is 48.4 Å². The smallest absolute Gasteiger partial charge is 0.319 e. The molecule has 2 atom stereocenters. The molecule has 2 aromatic heterocycles. The average Bonchev–Trinajstić information content (AvgIpc) is 3.56. The first-order valence-corrected chi connectivity index (χ1v) is 13.3. The quantitative estimate of drug-likeness (QED) is 0.391. The molecule has 7 rings (SSSR count). The Labute approximate surface area is 214 Å². The first-order valence-electron chi connectivity index (χ1n) is 13.3. The van der Waals surface area contributed by atoms with Crippen LogP contribution in [0, 0.1) is 11.7 Å². The molecule has 190 valence electrons. The number of anilines is 1.